The summed E-state index contributed by atoms with van der Waals surface area (Å²) in [5, 5.41) is 2.83. The Labute approximate surface area is 163 Å². The zero-order chi connectivity index (χ0) is 20.1. The monoisotopic (exact) mass is 379 g/mol. The number of amides is 1. The average molecular weight is 379 g/mol. The normalized spacial score (nSPS) is 10.3. The topological polar surface area (TPSA) is 82.6 Å². The van der Waals surface area contributed by atoms with Gasteiger partial charge in [-0.2, -0.15) is 0 Å². The lowest BCUT2D eigenvalue weighted by molar-refractivity contribution is 0.102. The molecule has 7 heteroatoms. The maximum absolute atomic E-state index is 12.7. The summed E-state index contributed by atoms with van der Waals surface area (Å²) < 4.78 is 15.7. The first-order chi connectivity index (χ1) is 13.5. The van der Waals surface area contributed by atoms with Gasteiger partial charge in [0.2, 0.25) is 0 Å². The Balaban J connectivity index is 1.85. The number of hydrogen-bond donors (Lipinski definition) is 1. The van der Waals surface area contributed by atoms with Gasteiger partial charge in [0.15, 0.2) is 5.82 Å². The predicted octanol–water partition coefficient (Wildman–Crippen LogP) is 3.73. The highest BCUT2D eigenvalue weighted by Crippen LogP contribution is 2.29. The van der Waals surface area contributed by atoms with Crippen molar-refractivity contribution in [3.63, 3.8) is 0 Å². The van der Waals surface area contributed by atoms with E-state index in [9.17, 15) is 4.79 Å². The van der Waals surface area contributed by atoms with Crippen LogP contribution in [-0.2, 0) is 0 Å². The second-order valence-corrected chi connectivity index (χ2v) is 5.94. The number of aryl methyl sites for hydroxylation is 1. The van der Waals surface area contributed by atoms with Gasteiger partial charge < -0.3 is 19.5 Å². The van der Waals surface area contributed by atoms with Gasteiger partial charge in [0.25, 0.3) is 5.91 Å². The van der Waals surface area contributed by atoms with E-state index in [0.717, 1.165) is 11.3 Å². The van der Waals surface area contributed by atoms with E-state index in [2.05, 4.69) is 15.3 Å². The lowest BCUT2D eigenvalue weighted by Crippen LogP contribution is -2.15. The van der Waals surface area contributed by atoms with Gasteiger partial charge in [-0.05, 0) is 43.3 Å². The molecule has 0 saturated carbocycles. The molecule has 28 heavy (non-hydrogen) atoms. The van der Waals surface area contributed by atoms with Crippen molar-refractivity contribution < 1.29 is 19.0 Å². The Morgan fingerprint density at radius 3 is 2.21 bits per heavy atom. The van der Waals surface area contributed by atoms with E-state index in [0.29, 0.717) is 34.3 Å². The van der Waals surface area contributed by atoms with Gasteiger partial charge in [-0.15, -0.1) is 0 Å². The molecule has 0 radical (unpaired) electrons. The van der Waals surface area contributed by atoms with Crippen LogP contribution in [0.25, 0.3) is 11.4 Å². The molecule has 1 heterocycles. The molecule has 0 spiro atoms. The number of carbonyl (C=O) groups excluding carboxylic acids is 1. The molecule has 7 nitrogen and oxygen atoms in total. The standard InChI is InChI=1S/C21H21N3O4/c1-13-17(12-22-20(23-13)14-5-7-15(26-2)8-6-14)21(25)24-18-11-16(27-3)9-10-19(18)28-4/h5-12H,1-4H3,(H,24,25). The van der Waals surface area contributed by atoms with E-state index >= 15 is 0 Å². The molecular weight excluding hydrogens is 358 g/mol. The van der Waals surface area contributed by atoms with Crippen LogP contribution in [0.2, 0.25) is 0 Å². The van der Waals surface area contributed by atoms with Crippen LogP contribution in [0, 0.1) is 6.92 Å². The summed E-state index contributed by atoms with van der Waals surface area (Å²) in [6, 6.07) is 12.6. The molecule has 0 fully saturated rings. The molecule has 0 aliphatic carbocycles. The predicted molar refractivity (Wildman–Crippen MR) is 106 cm³/mol. The molecule has 0 aliphatic rings. The molecule has 0 aliphatic heterocycles. The van der Waals surface area contributed by atoms with Crippen molar-refractivity contribution >= 4 is 11.6 Å². The maximum atomic E-state index is 12.7. The second-order valence-electron chi connectivity index (χ2n) is 5.94. The number of benzene rings is 2. The van der Waals surface area contributed by atoms with Gasteiger partial charge in [0.05, 0.1) is 38.3 Å². The zero-order valence-electron chi connectivity index (χ0n) is 16.1. The van der Waals surface area contributed by atoms with Crippen LogP contribution in [0.5, 0.6) is 17.2 Å². The van der Waals surface area contributed by atoms with Crippen molar-refractivity contribution in [1.29, 1.82) is 0 Å². The minimum atomic E-state index is -0.328. The number of carbonyl (C=O) groups is 1. The summed E-state index contributed by atoms with van der Waals surface area (Å²) in [6.07, 6.45) is 1.52. The van der Waals surface area contributed by atoms with Crippen molar-refractivity contribution in [3.05, 3.63) is 59.9 Å². The van der Waals surface area contributed by atoms with Crippen LogP contribution >= 0.6 is 0 Å². The number of nitrogens with zero attached hydrogens (tertiary/aromatic N) is 2. The Bertz CT molecular complexity index is 987. The number of aromatic nitrogens is 2. The third kappa shape index (κ3) is 4.03. The maximum Gasteiger partial charge on any atom is 0.259 e. The SMILES string of the molecule is COc1ccc(-c2ncc(C(=O)Nc3cc(OC)ccc3OC)c(C)n2)cc1. The first-order valence-electron chi connectivity index (χ1n) is 8.57. The van der Waals surface area contributed by atoms with Gasteiger partial charge in [0.1, 0.15) is 17.2 Å². The van der Waals surface area contributed by atoms with E-state index in [-0.39, 0.29) is 5.91 Å². The van der Waals surface area contributed by atoms with Gasteiger partial charge in [-0.25, -0.2) is 9.97 Å². The Morgan fingerprint density at radius 2 is 1.61 bits per heavy atom. The first kappa shape index (κ1) is 19.2. The Morgan fingerprint density at radius 1 is 0.929 bits per heavy atom. The van der Waals surface area contributed by atoms with Gasteiger partial charge in [0, 0.05) is 17.8 Å². The lowest BCUT2D eigenvalue weighted by atomic mass is 10.1. The fraction of sp³-hybridized carbons (Fsp3) is 0.190. The molecule has 0 saturated heterocycles. The highest BCUT2D eigenvalue weighted by molar-refractivity contribution is 6.05. The molecule has 3 aromatic rings. The van der Waals surface area contributed by atoms with Gasteiger partial charge in [-0.3, -0.25) is 4.79 Å². The van der Waals surface area contributed by atoms with E-state index in [1.807, 2.05) is 24.3 Å². The zero-order valence-corrected chi connectivity index (χ0v) is 16.1. The molecular formula is C21H21N3O4. The van der Waals surface area contributed by atoms with Crippen LogP contribution in [-0.4, -0.2) is 37.2 Å². The molecule has 2 aromatic carbocycles. The lowest BCUT2D eigenvalue weighted by Gasteiger charge is -2.13. The minimum Gasteiger partial charge on any atom is -0.497 e. The van der Waals surface area contributed by atoms with Gasteiger partial charge in [-0.1, -0.05) is 0 Å². The summed E-state index contributed by atoms with van der Waals surface area (Å²) in [6.45, 7) is 1.77. The van der Waals surface area contributed by atoms with Crippen molar-refractivity contribution in [3.8, 4) is 28.6 Å². The fourth-order valence-electron chi connectivity index (χ4n) is 2.67. The number of nitrogens with one attached hydrogen (secondary N) is 1. The number of methoxy groups -OCH3 is 3. The molecule has 0 atom stereocenters. The largest absolute Gasteiger partial charge is 0.497 e. The summed E-state index contributed by atoms with van der Waals surface area (Å²) in [7, 11) is 4.71. The molecule has 3 rings (SSSR count). The number of hydrogen-bond acceptors (Lipinski definition) is 6. The molecule has 1 amide bonds. The van der Waals surface area contributed by atoms with Crippen molar-refractivity contribution in [2.75, 3.05) is 26.6 Å². The highest BCUT2D eigenvalue weighted by atomic mass is 16.5. The second kappa shape index (κ2) is 8.39. The first-order valence-corrected chi connectivity index (χ1v) is 8.57. The van der Waals surface area contributed by atoms with E-state index in [4.69, 9.17) is 14.2 Å². The summed E-state index contributed by atoms with van der Waals surface area (Å²) in [4.78, 5) is 21.5. The molecule has 0 unspecified atom stereocenters. The Hall–Kier alpha value is -3.61. The quantitative estimate of drug-likeness (QED) is 0.703. The molecule has 1 N–H and O–H groups in total. The Kier molecular flexibility index (Phi) is 5.74. The van der Waals surface area contributed by atoms with Crippen LogP contribution < -0.4 is 19.5 Å². The van der Waals surface area contributed by atoms with Crippen LogP contribution in [0.3, 0.4) is 0 Å². The van der Waals surface area contributed by atoms with Crippen molar-refractivity contribution in [2.45, 2.75) is 6.92 Å². The van der Waals surface area contributed by atoms with E-state index in [1.54, 1.807) is 39.3 Å². The molecule has 1 aromatic heterocycles. The van der Waals surface area contributed by atoms with Crippen LogP contribution in [0.4, 0.5) is 5.69 Å². The van der Waals surface area contributed by atoms with Gasteiger partial charge >= 0.3 is 0 Å². The number of rotatable bonds is 6. The summed E-state index contributed by atoms with van der Waals surface area (Å²) >= 11 is 0. The average Bonchev–Trinajstić information content (AvgIpc) is 2.73. The summed E-state index contributed by atoms with van der Waals surface area (Å²) in [5.41, 5.74) is 2.29. The minimum absolute atomic E-state index is 0.328. The highest BCUT2D eigenvalue weighted by Gasteiger charge is 2.15. The van der Waals surface area contributed by atoms with E-state index < -0.39 is 0 Å². The molecule has 144 valence electrons. The van der Waals surface area contributed by atoms with Crippen LogP contribution in [0.1, 0.15) is 16.1 Å². The number of ether oxygens (including phenoxy) is 3. The molecule has 0 bridgehead atoms. The van der Waals surface area contributed by atoms with Crippen molar-refractivity contribution in [2.24, 2.45) is 0 Å². The third-order valence-electron chi connectivity index (χ3n) is 4.23. The summed E-state index contributed by atoms with van der Waals surface area (Å²) in [5.74, 6) is 2.10. The number of anilines is 1. The third-order valence-corrected chi connectivity index (χ3v) is 4.23. The fourth-order valence-corrected chi connectivity index (χ4v) is 2.67. The van der Waals surface area contributed by atoms with Crippen LogP contribution in [0.15, 0.2) is 48.7 Å². The van der Waals surface area contributed by atoms with E-state index in [1.165, 1.54) is 13.3 Å². The smallest absolute Gasteiger partial charge is 0.259 e. The van der Waals surface area contributed by atoms with Crippen molar-refractivity contribution in [1.82, 2.24) is 9.97 Å².